The second-order valence-electron chi connectivity index (χ2n) is 6.89. The normalized spacial score (nSPS) is 15.7. The van der Waals surface area contributed by atoms with Crippen molar-refractivity contribution in [3.8, 4) is 11.5 Å². The second-order valence-corrected chi connectivity index (χ2v) is 6.89. The number of hydrogen-bond acceptors (Lipinski definition) is 7. The molecule has 7 heteroatoms. The molecule has 27 heavy (non-hydrogen) atoms. The Balaban J connectivity index is 1.74. The molecule has 0 aliphatic carbocycles. The molecule has 0 saturated carbocycles. The number of likely N-dealkylation sites (tertiary alicyclic amines) is 1. The maximum absolute atomic E-state index is 6.24. The van der Waals surface area contributed by atoms with E-state index in [2.05, 4.69) is 39.3 Å². The molecule has 2 aromatic rings. The molecular weight excluding hydrogens is 342 g/mol. The van der Waals surface area contributed by atoms with Gasteiger partial charge in [-0.2, -0.15) is 4.98 Å². The van der Waals surface area contributed by atoms with Crippen molar-refractivity contribution in [1.82, 2.24) is 14.9 Å². The van der Waals surface area contributed by atoms with Crippen LogP contribution in [0.25, 0.3) is 0 Å². The van der Waals surface area contributed by atoms with Crippen LogP contribution >= 0.6 is 0 Å². The Hall–Kier alpha value is -2.54. The Morgan fingerprint density at radius 3 is 2.67 bits per heavy atom. The van der Waals surface area contributed by atoms with Gasteiger partial charge in [0.25, 0.3) is 0 Å². The summed E-state index contributed by atoms with van der Waals surface area (Å²) in [4.78, 5) is 11.3. The van der Waals surface area contributed by atoms with Gasteiger partial charge in [0.15, 0.2) is 11.5 Å². The number of hydrogen-bond donors (Lipinski definition) is 2. The number of nitrogens with one attached hydrogen (secondary N) is 2. The lowest BCUT2D eigenvalue weighted by molar-refractivity contribution is 0.0207. The van der Waals surface area contributed by atoms with Gasteiger partial charge in [-0.25, -0.2) is 4.98 Å². The zero-order valence-electron chi connectivity index (χ0n) is 16.7. The lowest BCUT2D eigenvalue weighted by Crippen LogP contribution is -2.52. The fourth-order valence-corrected chi connectivity index (χ4v) is 3.19. The number of aryl methyl sites for hydroxylation is 1. The Bertz CT molecular complexity index is 777. The molecule has 1 aliphatic rings. The smallest absolute Gasteiger partial charge is 0.229 e. The van der Waals surface area contributed by atoms with Gasteiger partial charge in [-0.1, -0.05) is 6.92 Å². The quantitative estimate of drug-likeness (QED) is 0.738. The molecule has 1 fully saturated rings. The molecule has 2 N–H and O–H groups in total. The van der Waals surface area contributed by atoms with Crippen LogP contribution in [0.2, 0.25) is 0 Å². The van der Waals surface area contributed by atoms with Gasteiger partial charge in [-0.3, -0.25) is 0 Å². The van der Waals surface area contributed by atoms with Gasteiger partial charge in [-0.15, -0.1) is 0 Å². The molecule has 0 unspecified atom stereocenters. The van der Waals surface area contributed by atoms with Crippen molar-refractivity contribution in [1.29, 1.82) is 0 Å². The molecule has 146 valence electrons. The summed E-state index contributed by atoms with van der Waals surface area (Å²) in [5.41, 5.74) is 1.75. The molecule has 1 saturated heterocycles. The molecule has 2 heterocycles. The van der Waals surface area contributed by atoms with Gasteiger partial charge in [0.05, 0.1) is 7.11 Å². The zero-order valence-corrected chi connectivity index (χ0v) is 16.7. The molecular formula is C20H29N5O2. The highest BCUT2D eigenvalue weighted by molar-refractivity contribution is 5.60. The summed E-state index contributed by atoms with van der Waals surface area (Å²) in [6.07, 6.45) is 0.128. The lowest BCUT2D eigenvalue weighted by Gasteiger charge is -2.41. The maximum Gasteiger partial charge on any atom is 0.229 e. The van der Waals surface area contributed by atoms with E-state index in [-0.39, 0.29) is 6.10 Å². The van der Waals surface area contributed by atoms with E-state index < -0.39 is 0 Å². The van der Waals surface area contributed by atoms with E-state index in [0.29, 0.717) is 11.9 Å². The van der Waals surface area contributed by atoms with E-state index in [4.69, 9.17) is 9.47 Å². The summed E-state index contributed by atoms with van der Waals surface area (Å²) >= 11 is 0. The summed E-state index contributed by atoms with van der Waals surface area (Å²) in [5, 5.41) is 6.30. The Morgan fingerprint density at radius 1 is 1.22 bits per heavy atom. The number of methoxy groups -OCH3 is 1. The van der Waals surface area contributed by atoms with Crippen molar-refractivity contribution in [2.45, 2.75) is 26.9 Å². The molecule has 0 bridgehead atoms. The predicted octanol–water partition coefficient (Wildman–Crippen LogP) is 3.30. The summed E-state index contributed by atoms with van der Waals surface area (Å²) < 4.78 is 11.7. The van der Waals surface area contributed by atoms with Crippen molar-refractivity contribution >= 4 is 17.5 Å². The van der Waals surface area contributed by atoms with Crippen LogP contribution in [-0.4, -0.2) is 54.8 Å². The average Bonchev–Trinajstić information content (AvgIpc) is 2.60. The standard InChI is InChI=1S/C20H29N5O2/c1-6-25-11-15(12-25)14(3)27-18-10-16(7-8-17(18)26-5)23-20-22-13(2)9-19(21-4)24-20/h7-10,14-15H,6,11-12H2,1-5H3,(H2,21,22,23,24)/t14-/m1/s1. The van der Waals surface area contributed by atoms with Crippen LogP contribution in [0.15, 0.2) is 24.3 Å². The number of ether oxygens (including phenoxy) is 2. The fourth-order valence-electron chi connectivity index (χ4n) is 3.19. The zero-order chi connectivity index (χ0) is 19.4. The largest absolute Gasteiger partial charge is 0.493 e. The Kier molecular flexibility index (Phi) is 6.01. The van der Waals surface area contributed by atoms with Crippen LogP contribution in [-0.2, 0) is 0 Å². The Morgan fingerprint density at radius 2 is 2.00 bits per heavy atom. The SMILES string of the molecule is CCN1CC([C@@H](C)Oc2cc(Nc3nc(C)cc(NC)n3)ccc2OC)C1. The van der Waals surface area contributed by atoms with Gasteiger partial charge in [0.2, 0.25) is 5.95 Å². The molecule has 1 aromatic heterocycles. The first-order valence-electron chi connectivity index (χ1n) is 9.39. The molecule has 3 rings (SSSR count). The highest BCUT2D eigenvalue weighted by Crippen LogP contribution is 2.34. The third-order valence-corrected chi connectivity index (χ3v) is 4.94. The molecule has 1 aliphatic heterocycles. The number of rotatable bonds is 8. The third kappa shape index (κ3) is 4.60. The summed E-state index contributed by atoms with van der Waals surface area (Å²) in [6.45, 7) is 9.52. The van der Waals surface area contributed by atoms with Gasteiger partial charge >= 0.3 is 0 Å². The van der Waals surface area contributed by atoms with Crippen molar-refractivity contribution < 1.29 is 9.47 Å². The minimum absolute atomic E-state index is 0.128. The number of nitrogens with zero attached hydrogens (tertiary/aromatic N) is 3. The first kappa shape index (κ1) is 19.2. The van der Waals surface area contributed by atoms with Gasteiger partial charge < -0.3 is 25.0 Å². The fraction of sp³-hybridized carbons (Fsp3) is 0.500. The molecule has 0 spiro atoms. The highest BCUT2D eigenvalue weighted by Gasteiger charge is 2.31. The first-order chi connectivity index (χ1) is 13.0. The molecule has 1 atom stereocenters. The monoisotopic (exact) mass is 371 g/mol. The number of aromatic nitrogens is 2. The summed E-state index contributed by atoms with van der Waals surface area (Å²) in [6, 6.07) is 7.67. The van der Waals surface area contributed by atoms with Gasteiger partial charge in [-0.05, 0) is 32.5 Å². The average molecular weight is 371 g/mol. The summed E-state index contributed by atoms with van der Waals surface area (Å²) in [5.74, 6) is 3.31. The van der Waals surface area contributed by atoms with Crippen molar-refractivity contribution in [2.75, 3.05) is 44.4 Å². The highest BCUT2D eigenvalue weighted by atomic mass is 16.5. The van der Waals surface area contributed by atoms with E-state index in [0.717, 1.165) is 48.3 Å². The van der Waals surface area contributed by atoms with E-state index in [1.54, 1.807) is 7.11 Å². The van der Waals surface area contributed by atoms with Crippen LogP contribution in [0.1, 0.15) is 19.5 Å². The minimum Gasteiger partial charge on any atom is -0.493 e. The molecule has 1 aromatic carbocycles. The van der Waals surface area contributed by atoms with Gasteiger partial charge in [0, 0.05) is 49.6 Å². The van der Waals surface area contributed by atoms with Crippen LogP contribution in [0.4, 0.5) is 17.5 Å². The maximum atomic E-state index is 6.24. The van der Waals surface area contributed by atoms with Crippen LogP contribution in [0.3, 0.4) is 0 Å². The van der Waals surface area contributed by atoms with E-state index in [1.165, 1.54) is 0 Å². The van der Waals surface area contributed by atoms with E-state index in [1.807, 2.05) is 38.2 Å². The van der Waals surface area contributed by atoms with E-state index >= 15 is 0 Å². The number of anilines is 3. The van der Waals surface area contributed by atoms with Crippen LogP contribution < -0.4 is 20.1 Å². The molecule has 0 radical (unpaired) electrons. The van der Waals surface area contributed by atoms with Crippen LogP contribution in [0, 0.1) is 12.8 Å². The summed E-state index contributed by atoms with van der Waals surface area (Å²) in [7, 11) is 3.50. The topological polar surface area (TPSA) is 71.5 Å². The first-order valence-corrected chi connectivity index (χ1v) is 9.39. The van der Waals surface area contributed by atoms with Gasteiger partial charge in [0.1, 0.15) is 11.9 Å². The Labute approximate surface area is 161 Å². The third-order valence-electron chi connectivity index (χ3n) is 4.94. The molecule has 7 nitrogen and oxygen atoms in total. The number of benzene rings is 1. The lowest BCUT2D eigenvalue weighted by atomic mass is 9.95. The van der Waals surface area contributed by atoms with Crippen molar-refractivity contribution in [3.63, 3.8) is 0 Å². The van der Waals surface area contributed by atoms with Crippen molar-refractivity contribution in [2.24, 2.45) is 5.92 Å². The minimum atomic E-state index is 0.128. The molecule has 0 amide bonds. The van der Waals surface area contributed by atoms with Crippen molar-refractivity contribution in [3.05, 3.63) is 30.0 Å². The van der Waals surface area contributed by atoms with E-state index in [9.17, 15) is 0 Å². The van der Waals surface area contributed by atoms with Crippen LogP contribution in [0.5, 0.6) is 11.5 Å². The second kappa shape index (κ2) is 8.43. The predicted molar refractivity (Wildman–Crippen MR) is 108 cm³/mol.